The van der Waals surface area contributed by atoms with Gasteiger partial charge in [-0.15, -0.1) is 0 Å². The average molecular weight is 351 g/mol. The second-order valence-electron chi connectivity index (χ2n) is 6.65. The van der Waals surface area contributed by atoms with Crippen molar-refractivity contribution in [3.63, 3.8) is 0 Å². The van der Waals surface area contributed by atoms with Crippen LogP contribution < -0.4 is 4.74 Å². The van der Waals surface area contributed by atoms with Gasteiger partial charge in [0.1, 0.15) is 5.75 Å². The smallest absolute Gasteiger partial charge is 0.306 e. The van der Waals surface area contributed by atoms with Crippen molar-refractivity contribution in [2.45, 2.75) is 32.1 Å². The van der Waals surface area contributed by atoms with Crippen LogP contribution in [-0.2, 0) is 11.2 Å². The summed E-state index contributed by atoms with van der Waals surface area (Å²) >= 11 is 0. The van der Waals surface area contributed by atoms with Crippen molar-refractivity contribution in [2.24, 2.45) is 10.9 Å². The third-order valence-electron chi connectivity index (χ3n) is 4.77. The van der Waals surface area contributed by atoms with Gasteiger partial charge >= 0.3 is 5.97 Å². The molecule has 0 spiro atoms. The molecule has 2 aromatic rings. The summed E-state index contributed by atoms with van der Waals surface area (Å²) < 4.78 is 5.75. The van der Waals surface area contributed by atoms with Crippen LogP contribution >= 0.6 is 0 Å². The summed E-state index contributed by atoms with van der Waals surface area (Å²) in [7, 11) is 0. The molecule has 0 bridgehead atoms. The molecule has 136 valence electrons. The first-order valence-electron chi connectivity index (χ1n) is 9.25. The Labute approximate surface area is 154 Å². The van der Waals surface area contributed by atoms with Crippen molar-refractivity contribution in [1.29, 1.82) is 0 Å². The maximum atomic E-state index is 11.5. The Balaban J connectivity index is 1.46. The summed E-state index contributed by atoms with van der Waals surface area (Å²) in [6.07, 6.45) is 4.09. The quantitative estimate of drug-likeness (QED) is 0.730. The highest BCUT2D eigenvalue weighted by atomic mass is 16.5. The Hall–Kier alpha value is -2.62. The molecule has 0 saturated heterocycles. The molecule has 0 aliphatic carbocycles. The van der Waals surface area contributed by atoms with E-state index in [1.165, 1.54) is 11.3 Å². The minimum absolute atomic E-state index is 0.387. The molecule has 0 amide bonds. The van der Waals surface area contributed by atoms with Crippen LogP contribution in [0, 0.1) is 5.92 Å². The highest BCUT2D eigenvalue weighted by molar-refractivity contribution is 6.01. The van der Waals surface area contributed by atoms with E-state index in [-0.39, 0.29) is 5.92 Å². The van der Waals surface area contributed by atoms with Gasteiger partial charge < -0.3 is 9.84 Å². The van der Waals surface area contributed by atoms with Gasteiger partial charge in [0.25, 0.3) is 0 Å². The predicted molar refractivity (Wildman–Crippen MR) is 103 cm³/mol. The third kappa shape index (κ3) is 5.19. The van der Waals surface area contributed by atoms with E-state index in [0.717, 1.165) is 37.1 Å². The van der Waals surface area contributed by atoms with Crippen LogP contribution in [0.2, 0.25) is 0 Å². The fourth-order valence-electron chi connectivity index (χ4n) is 3.21. The van der Waals surface area contributed by atoms with Crippen LogP contribution in [0.4, 0.5) is 0 Å². The summed E-state index contributed by atoms with van der Waals surface area (Å²) in [6.45, 7) is 1.33. The van der Waals surface area contributed by atoms with Crippen LogP contribution in [-0.4, -0.2) is 29.9 Å². The molecule has 0 radical (unpaired) electrons. The van der Waals surface area contributed by atoms with E-state index in [4.69, 9.17) is 4.74 Å². The van der Waals surface area contributed by atoms with Crippen LogP contribution in [0.5, 0.6) is 5.75 Å². The number of aryl methyl sites for hydroxylation is 1. The number of aliphatic imine (C=N–C) groups is 1. The molecule has 1 N–H and O–H groups in total. The van der Waals surface area contributed by atoms with Gasteiger partial charge in [0.2, 0.25) is 0 Å². The van der Waals surface area contributed by atoms with Crippen molar-refractivity contribution >= 4 is 11.7 Å². The van der Waals surface area contributed by atoms with Gasteiger partial charge in [0.15, 0.2) is 0 Å². The lowest BCUT2D eigenvalue weighted by molar-refractivity contribution is -0.142. The maximum Gasteiger partial charge on any atom is 0.306 e. The lowest BCUT2D eigenvalue weighted by atomic mass is 9.97. The molecule has 0 saturated carbocycles. The predicted octanol–water partition coefficient (Wildman–Crippen LogP) is 4.37. The summed E-state index contributed by atoms with van der Waals surface area (Å²) in [6, 6.07) is 17.9. The second kappa shape index (κ2) is 9.18. The normalized spacial score (nSPS) is 14.7. The second-order valence-corrected chi connectivity index (χ2v) is 6.65. The molecule has 3 rings (SSSR count). The molecule has 1 unspecified atom stereocenters. The average Bonchev–Trinajstić information content (AvgIpc) is 3.20. The number of carboxylic acid groups (broad SMARTS) is 1. The molecule has 1 aliphatic heterocycles. The number of aliphatic carboxylic acids is 1. The Morgan fingerprint density at radius 3 is 2.50 bits per heavy atom. The molecule has 1 aliphatic rings. The molecule has 26 heavy (non-hydrogen) atoms. The van der Waals surface area contributed by atoms with Gasteiger partial charge in [-0.3, -0.25) is 9.79 Å². The highest BCUT2D eigenvalue weighted by Gasteiger charge is 2.17. The molecule has 1 heterocycles. The summed E-state index contributed by atoms with van der Waals surface area (Å²) in [4.78, 5) is 16.0. The van der Waals surface area contributed by atoms with E-state index < -0.39 is 5.97 Å². The zero-order valence-electron chi connectivity index (χ0n) is 14.9. The molecular weight excluding hydrogens is 326 g/mol. The Morgan fingerprint density at radius 2 is 1.85 bits per heavy atom. The molecule has 0 aromatic heterocycles. The summed E-state index contributed by atoms with van der Waals surface area (Å²) in [5.41, 5.74) is 3.50. The zero-order valence-corrected chi connectivity index (χ0v) is 14.9. The SMILES string of the molecule is O=C(O)C(CCOc1ccc(C2=NCCC2)cc1)CCc1ccccc1. The maximum absolute atomic E-state index is 11.5. The Bertz CT molecular complexity index is 738. The number of hydrogen-bond donors (Lipinski definition) is 1. The van der Waals surface area contributed by atoms with Crippen LogP contribution in [0.25, 0.3) is 0 Å². The van der Waals surface area contributed by atoms with E-state index in [9.17, 15) is 9.90 Å². The van der Waals surface area contributed by atoms with Crippen LogP contribution in [0.15, 0.2) is 59.6 Å². The first kappa shape index (κ1) is 18.2. The number of carboxylic acids is 1. The van der Waals surface area contributed by atoms with Crippen molar-refractivity contribution in [2.75, 3.05) is 13.2 Å². The van der Waals surface area contributed by atoms with Gasteiger partial charge in [-0.1, -0.05) is 30.3 Å². The number of benzene rings is 2. The number of ether oxygens (including phenoxy) is 1. The minimum atomic E-state index is -0.751. The van der Waals surface area contributed by atoms with Gasteiger partial charge in [-0.2, -0.15) is 0 Å². The first-order chi connectivity index (χ1) is 12.7. The first-order valence-corrected chi connectivity index (χ1v) is 9.25. The molecule has 4 nitrogen and oxygen atoms in total. The number of hydrogen-bond acceptors (Lipinski definition) is 3. The van der Waals surface area contributed by atoms with Gasteiger partial charge in [-0.05, 0) is 67.5 Å². The van der Waals surface area contributed by atoms with E-state index in [2.05, 4.69) is 4.99 Å². The number of rotatable bonds is 9. The van der Waals surface area contributed by atoms with Crippen molar-refractivity contribution < 1.29 is 14.6 Å². The number of carbonyl (C=O) groups is 1. The molecule has 4 heteroatoms. The topological polar surface area (TPSA) is 58.9 Å². The molecular formula is C22H25NO3. The Morgan fingerprint density at radius 1 is 1.08 bits per heavy atom. The van der Waals surface area contributed by atoms with Crippen LogP contribution in [0.1, 0.15) is 36.8 Å². The standard InChI is InChI=1S/C22H25NO3/c24-22(25)19(9-8-17-5-2-1-3-6-17)14-16-26-20-12-10-18(11-13-20)21-7-4-15-23-21/h1-3,5-6,10-13,19H,4,7-9,14-16H2,(H,24,25). The fraction of sp³-hybridized carbons (Fsp3) is 0.364. The van der Waals surface area contributed by atoms with Crippen LogP contribution in [0.3, 0.4) is 0 Å². The van der Waals surface area contributed by atoms with E-state index in [1.54, 1.807) is 0 Å². The van der Waals surface area contributed by atoms with Crippen molar-refractivity contribution in [1.82, 2.24) is 0 Å². The summed E-state index contributed by atoms with van der Waals surface area (Å²) in [5, 5.41) is 9.44. The van der Waals surface area contributed by atoms with Gasteiger partial charge in [0.05, 0.1) is 12.5 Å². The fourth-order valence-corrected chi connectivity index (χ4v) is 3.21. The lowest BCUT2D eigenvalue weighted by Crippen LogP contribution is -2.17. The van der Waals surface area contributed by atoms with Gasteiger partial charge in [0, 0.05) is 12.3 Å². The van der Waals surface area contributed by atoms with Gasteiger partial charge in [-0.25, -0.2) is 0 Å². The van der Waals surface area contributed by atoms with E-state index >= 15 is 0 Å². The zero-order chi connectivity index (χ0) is 18.2. The molecule has 1 atom stereocenters. The highest BCUT2D eigenvalue weighted by Crippen LogP contribution is 2.19. The molecule has 0 fully saturated rings. The Kier molecular flexibility index (Phi) is 6.42. The monoisotopic (exact) mass is 351 g/mol. The van der Waals surface area contributed by atoms with E-state index in [0.29, 0.717) is 19.4 Å². The lowest BCUT2D eigenvalue weighted by Gasteiger charge is -2.13. The summed E-state index contributed by atoms with van der Waals surface area (Å²) in [5.74, 6) is -0.360. The minimum Gasteiger partial charge on any atom is -0.494 e. The largest absolute Gasteiger partial charge is 0.494 e. The van der Waals surface area contributed by atoms with E-state index in [1.807, 2.05) is 54.6 Å². The molecule has 2 aromatic carbocycles. The van der Waals surface area contributed by atoms with Crippen molar-refractivity contribution in [3.05, 3.63) is 65.7 Å². The number of nitrogens with zero attached hydrogens (tertiary/aromatic N) is 1. The third-order valence-corrected chi connectivity index (χ3v) is 4.77. The van der Waals surface area contributed by atoms with Crippen molar-refractivity contribution in [3.8, 4) is 5.75 Å².